The van der Waals surface area contributed by atoms with E-state index in [1.165, 1.54) is 0 Å². The minimum absolute atomic E-state index is 0.0108. The number of thioether (sulfide) groups is 1. The van der Waals surface area contributed by atoms with Crippen LogP contribution in [0.15, 0.2) is 54.6 Å². The van der Waals surface area contributed by atoms with Crippen molar-refractivity contribution in [3.05, 3.63) is 65.7 Å². The molecule has 1 N–H and O–H groups in total. The van der Waals surface area contributed by atoms with Crippen LogP contribution in [0.5, 0.6) is 0 Å². The molecule has 0 saturated carbocycles. The summed E-state index contributed by atoms with van der Waals surface area (Å²) in [4.78, 5) is 38.7. The molecular formula is C22H22N2O4S. The minimum atomic E-state index is -0.528. The lowest BCUT2D eigenvalue weighted by atomic mass is 10.0. The second kappa shape index (κ2) is 7.91. The van der Waals surface area contributed by atoms with E-state index in [2.05, 4.69) is 5.32 Å². The number of hydrogen-bond donors (Lipinski definition) is 1. The van der Waals surface area contributed by atoms with E-state index in [1.54, 1.807) is 47.9 Å². The summed E-state index contributed by atoms with van der Waals surface area (Å²) in [6, 6.07) is 16.0. The highest BCUT2D eigenvalue weighted by Crippen LogP contribution is 2.54. The highest BCUT2D eigenvalue weighted by Gasteiger charge is 2.56. The summed E-state index contributed by atoms with van der Waals surface area (Å²) >= 11 is 1.66. The van der Waals surface area contributed by atoms with Gasteiger partial charge in [0.05, 0.1) is 12.2 Å². The first-order valence-corrected chi connectivity index (χ1v) is 10.6. The lowest BCUT2D eigenvalue weighted by Gasteiger charge is -2.34. The molecular weight excluding hydrogens is 388 g/mol. The molecule has 0 radical (unpaired) electrons. The van der Waals surface area contributed by atoms with E-state index in [9.17, 15) is 14.4 Å². The molecule has 29 heavy (non-hydrogen) atoms. The molecule has 150 valence electrons. The molecule has 2 saturated heterocycles. The number of esters is 1. The van der Waals surface area contributed by atoms with Crippen molar-refractivity contribution in [1.82, 2.24) is 4.90 Å². The van der Waals surface area contributed by atoms with Gasteiger partial charge in [-0.05, 0) is 43.2 Å². The van der Waals surface area contributed by atoms with Gasteiger partial charge in [-0.25, -0.2) is 4.79 Å². The topological polar surface area (TPSA) is 75.7 Å². The van der Waals surface area contributed by atoms with Crippen molar-refractivity contribution in [2.24, 2.45) is 0 Å². The number of ether oxygens (including phenoxy) is 1. The van der Waals surface area contributed by atoms with Crippen LogP contribution in [0.4, 0.5) is 5.69 Å². The van der Waals surface area contributed by atoms with Crippen LogP contribution in [-0.2, 0) is 19.2 Å². The molecule has 2 heterocycles. The smallest absolute Gasteiger partial charge is 0.338 e. The van der Waals surface area contributed by atoms with Crippen LogP contribution >= 0.6 is 11.8 Å². The number of carbonyl (C=O) groups excluding carboxylic acids is 3. The van der Waals surface area contributed by atoms with Gasteiger partial charge in [0.2, 0.25) is 11.8 Å². The van der Waals surface area contributed by atoms with Gasteiger partial charge in [-0.3, -0.25) is 9.59 Å². The van der Waals surface area contributed by atoms with E-state index in [4.69, 9.17) is 4.74 Å². The Balaban J connectivity index is 1.51. The van der Waals surface area contributed by atoms with Crippen molar-refractivity contribution in [2.45, 2.75) is 30.7 Å². The largest absolute Gasteiger partial charge is 0.462 e. The summed E-state index contributed by atoms with van der Waals surface area (Å²) in [7, 11) is 0. The van der Waals surface area contributed by atoms with Gasteiger partial charge in [0.15, 0.2) is 0 Å². The average molecular weight is 410 g/mol. The number of fused-ring (bicyclic) bond motifs is 1. The Hall–Kier alpha value is -2.80. The second-order valence-electron chi connectivity index (χ2n) is 7.03. The summed E-state index contributed by atoms with van der Waals surface area (Å²) < 4.78 is 4.97. The van der Waals surface area contributed by atoms with Crippen molar-refractivity contribution < 1.29 is 19.1 Å². The van der Waals surface area contributed by atoms with Crippen LogP contribution in [0.2, 0.25) is 0 Å². The Kier molecular flexibility index (Phi) is 5.32. The molecule has 2 atom stereocenters. The summed E-state index contributed by atoms with van der Waals surface area (Å²) in [5, 5.41) is 2.89. The number of amides is 2. The molecule has 0 spiro atoms. The van der Waals surface area contributed by atoms with Gasteiger partial charge in [0, 0.05) is 17.9 Å². The fraction of sp³-hybridized carbons (Fsp3) is 0.318. The van der Waals surface area contributed by atoms with E-state index in [0.29, 0.717) is 36.5 Å². The quantitative estimate of drug-likeness (QED) is 0.765. The fourth-order valence-electron chi connectivity index (χ4n) is 3.97. The number of rotatable bonds is 5. The monoisotopic (exact) mass is 410 g/mol. The maximum absolute atomic E-state index is 13.0. The molecule has 2 aromatic carbocycles. The summed E-state index contributed by atoms with van der Waals surface area (Å²) in [5.74, 6) is -0.0492. The van der Waals surface area contributed by atoms with Gasteiger partial charge in [0.1, 0.15) is 10.9 Å². The molecule has 2 fully saturated rings. The van der Waals surface area contributed by atoms with Gasteiger partial charge in [-0.1, -0.05) is 30.3 Å². The fourth-order valence-corrected chi connectivity index (χ4v) is 5.62. The third kappa shape index (κ3) is 3.51. The average Bonchev–Trinajstić information content (AvgIpc) is 3.29. The summed E-state index contributed by atoms with van der Waals surface area (Å²) in [6.07, 6.45) is 1.15. The number of nitrogens with one attached hydrogen (secondary N) is 1. The predicted molar refractivity (Wildman–Crippen MR) is 111 cm³/mol. The zero-order valence-corrected chi connectivity index (χ0v) is 16.9. The van der Waals surface area contributed by atoms with Crippen molar-refractivity contribution >= 4 is 35.2 Å². The van der Waals surface area contributed by atoms with E-state index in [1.807, 2.05) is 30.3 Å². The van der Waals surface area contributed by atoms with E-state index in [0.717, 1.165) is 5.56 Å². The lowest BCUT2D eigenvalue weighted by molar-refractivity contribution is -0.136. The van der Waals surface area contributed by atoms with Gasteiger partial charge < -0.3 is 15.0 Å². The SMILES string of the molecule is CCOC(=O)c1ccc(NC(=O)[C@H]2CS[C@@]3(c4ccccc4)CCC(=O)N23)cc1. The third-order valence-corrected chi connectivity index (χ3v) is 6.91. The van der Waals surface area contributed by atoms with E-state index in [-0.39, 0.29) is 11.8 Å². The van der Waals surface area contributed by atoms with Crippen LogP contribution in [-0.4, -0.2) is 41.1 Å². The Morgan fingerprint density at radius 3 is 2.59 bits per heavy atom. The summed E-state index contributed by atoms with van der Waals surface area (Å²) in [6.45, 7) is 2.06. The first-order valence-electron chi connectivity index (χ1n) is 9.65. The molecule has 0 unspecified atom stereocenters. The number of nitrogens with zero attached hydrogens (tertiary/aromatic N) is 1. The third-order valence-electron chi connectivity index (χ3n) is 5.32. The van der Waals surface area contributed by atoms with E-state index >= 15 is 0 Å². The Morgan fingerprint density at radius 1 is 1.17 bits per heavy atom. The molecule has 2 aromatic rings. The normalized spacial score (nSPS) is 23.0. The molecule has 2 aliphatic rings. The molecule has 6 nitrogen and oxygen atoms in total. The summed E-state index contributed by atoms with van der Waals surface area (Å²) in [5.41, 5.74) is 2.07. The molecule has 2 aliphatic heterocycles. The van der Waals surface area contributed by atoms with Crippen LogP contribution in [0.3, 0.4) is 0 Å². The molecule has 4 rings (SSSR count). The molecule has 0 aromatic heterocycles. The van der Waals surface area contributed by atoms with Crippen LogP contribution in [0, 0.1) is 0 Å². The Bertz CT molecular complexity index is 932. The van der Waals surface area contributed by atoms with Crippen LogP contribution in [0.1, 0.15) is 35.7 Å². The van der Waals surface area contributed by atoms with E-state index < -0.39 is 16.9 Å². The van der Waals surface area contributed by atoms with Crippen LogP contribution < -0.4 is 5.32 Å². The Labute approximate surface area is 173 Å². The van der Waals surface area contributed by atoms with Gasteiger partial charge in [-0.15, -0.1) is 11.8 Å². The number of carbonyl (C=O) groups is 3. The van der Waals surface area contributed by atoms with Gasteiger partial charge in [0.25, 0.3) is 0 Å². The predicted octanol–water partition coefficient (Wildman–Crippen LogP) is 3.39. The lowest BCUT2D eigenvalue weighted by Crippen LogP contribution is -2.48. The number of benzene rings is 2. The number of anilines is 1. The standard InChI is InChI=1S/C22H22N2O4S/c1-2-28-21(27)15-8-10-17(11-9-15)23-20(26)18-14-29-22(13-12-19(25)24(18)22)16-6-4-3-5-7-16/h3-11,18H,2,12-14H2,1H3,(H,23,26)/t18-,22-/m1/s1. The molecule has 0 aliphatic carbocycles. The van der Waals surface area contributed by atoms with Crippen LogP contribution in [0.25, 0.3) is 0 Å². The minimum Gasteiger partial charge on any atom is -0.462 e. The maximum Gasteiger partial charge on any atom is 0.338 e. The Morgan fingerprint density at radius 2 is 1.90 bits per heavy atom. The number of hydrogen-bond acceptors (Lipinski definition) is 5. The molecule has 7 heteroatoms. The highest BCUT2D eigenvalue weighted by atomic mass is 32.2. The van der Waals surface area contributed by atoms with Crippen molar-refractivity contribution in [2.75, 3.05) is 17.7 Å². The van der Waals surface area contributed by atoms with Crippen molar-refractivity contribution in [3.63, 3.8) is 0 Å². The van der Waals surface area contributed by atoms with Crippen molar-refractivity contribution in [3.8, 4) is 0 Å². The van der Waals surface area contributed by atoms with Gasteiger partial charge in [-0.2, -0.15) is 0 Å². The van der Waals surface area contributed by atoms with Gasteiger partial charge >= 0.3 is 5.97 Å². The highest BCUT2D eigenvalue weighted by molar-refractivity contribution is 8.00. The first-order chi connectivity index (χ1) is 14.0. The second-order valence-corrected chi connectivity index (χ2v) is 8.33. The molecule has 0 bridgehead atoms. The maximum atomic E-state index is 13.0. The first kappa shape index (κ1) is 19.5. The zero-order chi connectivity index (χ0) is 20.4. The van der Waals surface area contributed by atoms with Crippen molar-refractivity contribution in [1.29, 1.82) is 0 Å². The zero-order valence-electron chi connectivity index (χ0n) is 16.1. The molecule has 2 amide bonds.